The monoisotopic (exact) mass is 501 g/mol. The summed E-state index contributed by atoms with van der Waals surface area (Å²) in [5.41, 5.74) is 3.74. The summed E-state index contributed by atoms with van der Waals surface area (Å²) in [6.45, 7) is 5.59. The molecule has 0 bridgehead atoms. The van der Waals surface area contributed by atoms with Gasteiger partial charge in [-0.1, -0.05) is 19.4 Å². The summed E-state index contributed by atoms with van der Waals surface area (Å²) in [6, 6.07) is 14.0. The molecule has 0 saturated carbocycles. The standard InChI is InChI=1S/C23H25N5O.C2HF3O2/c1-3-5-15-26(4-2)23(29)21-12-16-28(25-21)22-9-8-20-7-6-19(17-27(20)22)18-10-13-24-14-11-18;3-2(4,5)1(6)7/h6-14,16-17H,3-5,15H2,1-2H3;(H,6,7). The fourth-order valence-electron chi connectivity index (χ4n) is 3.47. The highest BCUT2D eigenvalue weighted by Crippen LogP contribution is 2.22. The number of carbonyl (C=O) groups is 2. The van der Waals surface area contributed by atoms with Crippen molar-refractivity contribution in [2.24, 2.45) is 0 Å². The molecule has 0 radical (unpaired) electrons. The predicted octanol–water partition coefficient (Wildman–Crippen LogP) is 5.08. The average molecular weight is 502 g/mol. The van der Waals surface area contributed by atoms with Gasteiger partial charge in [0.25, 0.3) is 5.91 Å². The van der Waals surface area contributed by atoms with Crippen LogP contribution in [0.4, 0.5) is 13.2 Å². The van der Waals surface area contributed by atoms with E-state index in [1.807, 2.05) is 36.2 Å². The molecule has 0 fully saturated rings. The first kappa shape index (κ1) is 26.5. The number of nitrogens with zero attached hydrogens (tertiary/aromatic N) is 5. The van der Waals surface area contributed by atoms with Crippen LogP contribution in [0.2, 0.25) is 0 Å². The Bertz CT molecular complexity index is 1320. The number of carboxylic acid groups (broad SMARTS) is 1. The molecule has 8 nitrogen and oxygen atoms in total. The van der Waals surface area contributed by atoms with E-state index in [2.05, 4.69) is 45.8 Å². The van der Waals surface area contributed by atoms with E-state index in [4.69, 9.17) is 9.90 Å². The van der Waals surface area contributed by atoms with E-state index in [1.54, 1.807) is 23.1 Å². The summed E-state index contributed by atoms with van der Waals surface area (Å²) in [6.07, 6.45) is 4.50. The number of unbranched alkanes of at least 4 members (excludes halogenated alkanes) is 1. The molecule has 1 amide bonds. The first-order valence-electron chi connectivity index (χ1n) is 11.3. The molecule has 1 N–H and O–H groups in total. The number of aliphatic carboxylic acids is 1. The zero-order valence-corrected chi connectivity index (χ0v) is 19.8. The summed E-state index contributed by atoms with van der Waals surface area (Å²) >= 11 is 0. The minimum absolute atomic E-state index is 0.0157. The van der Waals surface area contributed by atoms with Crippen molar-refractivity contribution in [3.8, 4) is 16.9 Å². The Kier molecular flexibility index (Phi) is 8.46. The van der Waals surface area contributed by atoms with E-state index in [0.717, 1.165) is 41.8 Å². The normalized spacial score (nSPS) is 11.1. The maximum atomic E-state index is 12.8. The number of amides is 1. The summed E-state index contributed by atoms with van der Waals surface area (Å²) in [7, 11) is 0. The third kappa shape index (κ3) is 6.29. The number of alkyl halides is 3. The fourth-order valence-corrected chi connectivity index (χ4v) is 3.47. The average Bonchev–Trinajstić information content (AvgIpc) is 3.51. The molecule has 190 valence electrons. The first-order valence-corrected chi connectivity index (χ1v) is 11.3. The number of rotatable bonds is 7. The lowest BCUT2D eigenvalue weighted by molar-refractivity contribution is -0.192. The topological polar surface area (TPSA) is 92.7 Å². The molecule has 0 atom stereocenters. The maximum absolute atomic E-state index is 12.8. The Labute approximate surface area is 205 Å². The summed E-state index contributed by atoms with van der Waals surface area (Å²) in [5, 5.41) is 11.7. The lowest BCUT2D eigenvalue weighted by Crippen LogP contribution is -2.32. The van der Waals surface area contributed by atoms with Crippen LogP contribution < -0.4 is 0 Å². The minimum Gasteiger partial charge on any atom is -0.475 e. The van der Waals surface area contributed by atoms with Crippen molar-refractivity contribution in [2.45, 2.75) is 32.9 Å². The number of carboxylic acids is 1. The maximum Gasteiger partial charge on any atom is 0.490 e. The zero-order chi connectivity index (χ0) is 26.3. The molecule has 11 heteroatoms. The number of hydrogen-bond donors (Lipinski definition) is 1. The van der Waals surface area contributed by atoms with Crippen LogP contribution in [0.25, 0.3) is 22.5 Å². The number of pyridine rings is 2. The number of hydrogen-bond acceptors (Lipinski definition) is 4. The van der Waals surface area contributed by atoms with Crippen LogP contribution in [0.15, 0.2) is 67.3 Å². The highest BCUT2D eigenvalue weighted by molar-refractivity contribution is 5.92. The lowest BCUT2D eigenvalue weighted by atomic mass is 10.1. The van der Waals surface area contributed by atoms with Crippen LogP contribution in [-0.4, -0.2) is 60.3 Å². The second-order valence-electron chi connectivity index (χ2n) is 7.83. The largest absolute Gasteiger partial charge is 0.490 e. The number of aromatic nitrogens is 4. The van der Waals surface area contributed by atoms with Crippen LogP contribution in [0.3, 0.4) is 0 Å². The summed E-state index contributed by atoms with van der Waals surface area (Å²) < 4.78 is 35.6. The van der Waals surface area contributed by atoms with E-state index >= 15 is 0 Å². The molecule has 0 aliphatic carbocycles. The van der Waals surface area contributed by atoms with Crippen molar-refractivity contribution in [2.75, 3.05) is 13.1 Å². The molecule has 0 unspecified atom stereocenters. The van der Waals surface area contributed by atoms with Gasteiger partial charge in [-0.2, -0.15) is 18.3 Å². The molecule has 4 rings (SSSR count). The summed E-state index contributed by atoms with van der Waals surface area (Å²) in [4.78, 5) is 27.6. The smallest absolute Gasteiger partial charge is 0.475 e. The van der Waals surface area contributed by atoms with Gasteiger partial charge in [0.2, 0.25) is 0 Å². The van der Waals surface area contributed by atoms with Crippen molar-refractivity contribution in [1.29, 1.82) is 0 Å². The molecular weight excluding hydrogens is 475 g/mol. The summed E-state index contributed by atoms with van der Waals surface area (Å²) in [5.74, 6) is -1.88. The predicted molar refractivity (Wildman–Crippen MR) is 128 cm³/mol. The van der Waals surface area contributed by atoms with E-state index in [0.29, 0.717) is 12.2 Å². The Morgan fingerprint density at radius 2 is 1.67 bits per heavy atom. The van der Waals surface area contributed by atoms with Crippen molar-refractivity contribution in [3.05, 3.63) is 72.9 Å². The van der Waals surface area contributed by atoms with Crippen molar-refractivity contribution in [3.63, 3.8) is 0 Å². The number of halogens is 3. The highest BCUT2D eigenvalue weighted by atomic mass is 19.4. The van der Waals surface area contributed by atoms with Gasteiger partial charge in [0.1, 0.15) is 5.82 Å². The van der Waals surface area contributed by atoms with Crippen molar-refractivity contribution < 1.29 is 27.9 Å². The van der Waals surface area contributed by atoms with E-state index < -0.39 is 12.1 Å². The lowest BCUT2D eigenvalue weighted by Gasteiger charge is -2.19. The number of carbonyl (C=O) groups excluding carboxylic acids is 1. The van der Waals surface area contributed by atoms with Gasteiger partial charge in [-0.15, -0.1) is 0 Å². The van der Waals surface area contributed by atoms with Gasteiger partial charge in [-0.25, -0.2) is 9.48 Å². The molecule has 36 heavy (non-hydrogen) atoms. The van der Waals surface area contributed by atoms with E-state index in [9.17, 15) is 18.0 Å². The molecule has 0 spiro atoms. The Balaban J connectivity index is 0.000000454. The van der Waals surface area contributed by atoms with Gasteiger partial charge in [0.05, 0.1) is 0 Å². The molecule has 0 aliphatic rings. The third-order valence-corrected chi connectivity index (χ3v) is 5.38. The third-order valence-electron chi connectivity index (χ3n) is 5.38. The first-order chi connectivity index (χ1) is 17.2. The second kappa shape index (κ2) is 11.5. The molecule has 4 heterocycles. The van der Waals surface area contributed by atoms with Crippen LogP contribution in [-0.2, 0) is 4.79 Å². The van der Waals surface area contributed by atoms with Crippen LogP contribution >= 0.6 is 0 Å². The van der Waals surface area contributed by atoms with Gasteiger partial charge in [-0.05, 0) is 60.9 Å². The van der Waals surface area contributed by atoms with Crippen molar-refractivity contribution >= 4 is 17.4 Å². The van der Waals surface area contributed by atoms with Gasteiger partial charge in [0.15, 0.2) is 5.69 Å². The Morgan fingerprint density at radius 3 is 2.28 bits per heavy atom. The van der Waals surface area contributed by atoms with Crippen LogP contribution in [0.1, 0.15) is 37.2 Å². The highest BCUT2D eigenvalue weighted by Gasteiger charge is 2.38. The van der Waals surface area contributed by atoms with Crippen LogP contribution in [0.5, 0.6) is 0 Å². The quantitative estimate of drug-likeness (QED) is 0.381. The minimum atomic E-state index is -5.08. The molecule has 0 aromatic carbocycles. The van der Waals surface area contributed by atoms with Crippen LogP contribution in [0, 0.1) is 0 Å². The van der Waals surface area contributed by atoms with Gasteiger partial charge < -0.3 is 14.4 Å². The molecule has 0 aliphatic heterocycles. The Morgan fingerprint density at radius 1 is 1.00 bits per heavy atom. The Hall–Kier alpha value is -4.15. The van der Waals surface area contributed by atoms with Gasteiger partial charge in [0, 0.05) is 43.4 Å². The van der Waals surface area contributed by atoms with Gasteiger partial charge >= 0.3 is 12.1 Å². The van der Waals surface area contributed by atoms with E-state index in [1.165, 1.54) is 0 Å². The molecule has 4 aromatic rings. The number of fused-ring (bicyclic) bond motifs is 1. The van der Waals surface area contributed by atoms with Crippen molar-refractivity contribution in [1.82, 2.24) is 24.1 Å². The molecular formula is C25H26F3N5O3. The van der Waals surface area contributed by atoms with Gasteiger partial charge in [-0.3, -0.25) is 9.78 Å². The SMILES string of the molecule is CCCCN(CC)C(=O)c1ccn(-c2ccc3ccc(-c4ccncc4)cn23)n1.O=C(O)C(F)(F)F. The molecule has 0 saturated heterocycles. The van der Waals surface area contributed by atoms with E-state index in [-0.39, 0.29) is 5.91 Å². The zero-order valence-electron chi connectivity index (χ0n) is 19.8. The fraction of sp³-hybridized carbons (Fsp3) is 0.280. The molecule has 4 aromatic heterocycles. The second-order valence-corrected chi connectivity index (χ2v) is 7.83.